The lowest BCUT2D eigenvalue weighted by Crippen LogP contribution is -2.06. The number of aromatic nitrogens is 3. The van der Waals surface area contributed by atoms with Crippen molar-refractivity contribution < 1.29 is 14.6 Å². The highest BCUT2D eigenvalue weighted by Crippen LogP contribution is 2.28. The quantitative estimate of drug-likeness (QED) is 0.547. The molecule has 0 saturated carbocycles. The van der Waals surface area contributed by atoms with Gasteiger partial charge in [0.2, 0.25) is 0 Å². The first kappa shape index (κ1) is 18.7. The first-order valence-electron chi connectivity index (χ1n) is 9.28. The van der Waals surface area contributed by atoms with Gasteiger partial charge in [0.1, 0.15) is 5.52 Å². The second-order valence-electron chi connectivity index (χ2n) is 6.99. The van der Waals surface area contributed by atoms with Gasteiger partial charge >= 0.3 is 5.97 Å². The van der Waals surface area contributed by atoms with E-state index in [2.05, 4.69) is 9.97 Å². The number of benzene rings is 2. The van der Waals surface area contributed by atoms with E-state index in [0.717, 1.165) is 33.5 Å². The van der Waals surface area contributed by atoms with Crippen LogP contribution in [0.4, 0.5) is 0 Å². The Hall–Kier alpha value is -3.67. The molecule has 6 heteroatoms. The number of rotatable bonds is 5. The van der Waals surface area contributed by atoms with Gasteiger partial charge in [-0.25, -0.2) is 9.78 Å². The zero-order valence-electron chi connectivity index (χ0n) is 16.5. The second kappa shape index (κ2) is 7.39. The maximum absolute atomic E-state index is 11.9. The summed E-state index contributed by atoms with van der Waals surface area (Å²) in [6.07, 6.45) is 0. The SMILES string of the molecule is COc1nc2c(C)cc(C)nc2n1Cc1ccc(-c2ccccc2)c(C(=O)O)c1. The molecule has 0 aliphatic rings. The van der Waals surface area contributed by atoms with Crippen molar-refractivity contribution in [1.29, 1.82) is 0 Å². The van der Waals surface area contributed by atoms with Crippen LogP contribution in [-0.4, -0.2) is 32.7 Å². The summed E-state index contributed by atoms with van der Waals surface area (Å²) in [7, 11) is 1.57. The molecule has 29 heavy (non-hydrogen) atoms. The first-order valence-corrected chi connectivity index (χ1v) is 9.28. The van der Waals surface area contributed by atoms with E-state index in [1.54, 1.807) is 13.2 Å². The Bertz CT molecular complexity index is 1210. The smallest absolute Gasteiger partial charge is 0.336 e. The average Bonchev–Trinajstić information content (AvgIpc) is 3.06. The number of imidazole rings is 1. The van der Waals surface area contributed by atoms with E-state index in [4.69, 9.17) is 4.74 Å². The van der Waals surface area contributed by atoms with Crippen LogP contribution >= 0.6 is 0 Å². The van der Waals surface area contributed by atoms with Crippen LogP contribution in [0.25, 0.3) is 22.3 Å². The maximum atomic E-state index is 11.9. The molecule has 6 nitrogen and oxygen atoms in total. The Morgan fingerprint density at radius 2 is 1.83 bits per heavy atom. The number of carboxylic acid groups (broad SMARTS) is 1. The van der Waals surface area contributed by atoms with Crippen LogP contribution in [0.3, 0.4) is 0 Å². The molecule has 4 rings (SSSR count). The van der Waals surface area contributed by atoms with Gasteiger partial charge in [0.05, 0.1) is 19.2 Å². The molecule has 0 radical (unpaired) electrons. The van der Waals surface area contributed by atoms with Crippen molar-refractivity contribution in [2.45, 2.75) is 20.4 Å². The number of pyridine rings is 1. The number of ether oxygens (including phenoxy) is 1. The van der Waals surface area contributed by atoms with Gasteiger partial charge in [-0.1, -0.05) is 42.5 Å². The zero-order valence-corrected chi connectivity index (χ0v) is 16.5. The average molecular weight is 387 g/mol. The van der Waals surface area contributed by atoms with E-state index in [0.29, 0.717) is 18.1 Å². The molecular formula is C23H21N3O3. The summed E-state index contributed by atoms with van der Waals surface area (Å²) in [6.45, 7) is 4.34. The summed E-state index contributed by atoms with van der Waals surface area (Å²) in [4.78, 5) is 21.1. The molecule has 0 aliphatic heterocycles. The summed E-state index contributed by atoms with van der Waals surface area (Å²) in [5.74, 6) is -0.960. The zero-order chi connectivity index (χ0) is 20.5. The maximum Gasteiger partial charge on any atom is 0.336 e. The minimum Gasteiger partial charge on any atom is -0.478 e. The fourth-order valence-electron chi connectivity index (χ4n) is 3.60. The third-order valence-corrected chi connectivity index (χ3v) is 4.91. The molecule has 2 aromatic heterocycles. The number of hydrogen-bond acceptors (Lipinski definition) is 4. The van der Waals surface area contributed by atoms with Gasteiger partial charge in [-0.2, -0.15) is 4.98 Å². The highest BCUT2D eigenvalue weighted by Gasteiger charge is 2.17. The van der Waals surface area contributed by atoms with Crippen molar-refractivity contribution in [2.75, 3.05) is 7.11 Å². The molecular weight excluding hydrogens is 366 g/mol. The molecule has 0 unspecified atom stereocenters. The van der Waals surface area contributed by atoms with E-state index in [9.17, 15) is 9.90 Å². The minimum atomic E-state index is -0.960. The third kappa shape index (κ3) is 3.45. The van der Waals surface area contributed by atoms with Crippen LogP contribution in [0, 0.1) is 13.8 Å². The highest BCUT2D eigenvalue weighted by molar-refractivity contribution is 5.96. The Balaban J connectivity index is 1.81. The van der Waals surface area contributed by atoms with Gasteiger partial charge < -0.3 is 9.84 Å². The number of nitrogens with zero attached hydrogens (tertiary/aromatic N) is 3. The topological polar surface area (TPSA) is 77.2 Å². The summed E-state index contributed by atoms with van der Waals surface area (Å²) in [6, 6.07) is 17.4. The summed E-state index contributed by atoms with van der Waals surface area (Å²) < 4.78 is 7.34. The molecule has 0 amide bonds. The number of carboxylic acids is 1. The predicted molar refractivity (Wildman–Crippen MR) is 111 cm³/mol. The van der Waals surface area contributed by atoms with Crippen LogP contribution in [0.1, 0.15) is 27.2 Å². The van der Waals surface area contributed by atoms with E-state index >= 15 is 0 Å². The monoisotopic (exact) mass is 387 g/mol. The molecule has 0 saturated heterocycles. The third-order valence-electron chi connectivity index (χ3n) is 4.91. The van der Waals surface area contributed by atoms with Crippen molar-refractivity contribution in [3.8, 4) is 17.1 Å². The van der Waals surface area contributed by atoms with Crippen LogP contribution < -0.4 is 4.74 Å². The first-order chi connectivity index (χ1) is 14.0. The van der Waals surface area contributed by atoms with Crippen molar-refractivity contribution in [3.63, 3.8) is 0 Å². The van der Waals surface area contributed by atoms with Crippen molar-refractivity contribution in [3.05, 3.63) is 77.0 Å². The highest BCUT2D eigenvalue weighted by atomic mass is 16.5. The molecule has 1 N–H and O–H groups in total. The number of carbonyl (C=O) groups is 1. The largest absolute Gasteiger partial charge is 0.478 e. The summed E-state index contributed by atoms with van der Waals surface area (Å²) in [5.41, 5.74) is 6.08. The lowest BCUT2D eigenvalue weighted by Gasteiger charge is -2.11. The molecule has 2 aromatic carbocycles. The normalized spacial score (nSPS) is 11.0. The fraction of sp³-hybridized carbons (Fsp3) is 0.174. The van der Waals surface area contributed by atoms with Gasteiger partial charge in [-0.05, 0) is 48.2 Å². The summed E-state index contributed by atoms with van der Waals surface area (Å²) in [5, 5.41) is 9.77. The van der Waals surface area contributed by atoms with Crippen LogP contribution in [0.5, 0.6) is 6.01 Å². The Labute approximate surface area is 168 Å². The molecule has 146 valence electrons. The Morgan fingerprint density at radius 3 is 2.52 bits per heavy atom. The second-order valence-corrected chi connectivity index (χ2v) is 6.99. The minimum absolute atomic E-state index is 0.261. The van der Waals surface area contributed by atoms with E-state index in [1.165, 1.54) is 0 Å². The fourth-order valence-corrected chi connectivity index (χ4v) is 3.60. The lowest BCUT2D eigenvalue weighted by atomic mass is 9.97. The standard InChI is InChI=1S/C23H21N3O3/c1-14-11-15(2)24-21-20(14)25-23(29-3)26(21)13-16-9-10-18(19(12-16)22(27)28)17-7-5-4-6-8-17/h4-12H,13H2,1-3H3,(H,27,28). The van der Waals surface area contributed by atoms with E-state index in [-0.39, 0.29) is 5.56 Å². The number of hydrogen-bond donors (Lipinski definition) is 1. The van der Waals surface area contributed by atoms with Crippen molar-refractivity contribution in [2.24, 2.45) is 0 Å². The lowest BCUT2D eigenvalue weighted by molar-refractivity contribution is 0.0697. The van der Waals surface area contributed by atoms with Crippen LogP contribution in [0.15, 0.2) is 54.6 Å². The number of aromatic carboxylic acids is 1. The van der Waals surface area contributed by atoms with Crippen molar-refractivity contribution in [1.82, 2.24) is 14.5 Å². The number of fused-ring (bicyclic) bond motifs is 1. The molecule has 0 fully saturated rings. The summed E-state index contributed by atoms with van der Waals surface area (Å²) >= 11 is 0. The molecule has 0 atom stereocenters. The number of aryl methyl sites for hydroxylation is 2. The Morgan fingerprint density at radius 1 is 1.07 bits per heavy atom. The van der Waals surface area contributed by atoms with Crippen LogP contribution in [0.2, 0.25) is 0 Å². The van der Waals surface area contributed by atoms with E-state index in [1.807, 2.05) is 66.9 Å². The van der Waals surface area contributed by atoms with E-state index < -0.39 is 5.97 Å². The van der Waals surface area contributed by atoms with Gasteiger partial charge in [-0.15, -0.1) is 0 Å². The molecule has 4 aromatic rings. The van der Waals surface area contributed by atoms with Gasteiger partial charge in [0.15, 0.2) is 5.65 Å². The van der Waals surface area contributed by atoms with Crippen LogP contribution in [-0.2, 0) is 6.54 Å². The van der Waals surface area contributed by atoms with Gasteiger partial charge in [0, 0.05) is 5.69 Å². The molecule has 0 spiro atoms. The molecule has 0 bridgehead atoms. The van der Waals surface area contributed by atoms with Gasteiger partial charge in [0.25, 0.3) is 6.01 Å². The Kier molecular flexibility index (Phi) is 4.76. The van der Waals surface area contributed by atoms with Crippen molar-refractivity contribution >= 4 is 17.1 Å². The molecule has 0 aliphatic carbocycles. The number of methoxy groups -OCH3 is 1. The van der Waals surface area contributed by atoms with Gasteiger partial charge in [-0.3, -0.25) is 4.57 Å². The predicted octanol–water partition coefficient (Wildman–Crippen LogP) is 4.47. The molecule has 2 heterocycles.